The molecule has 1 fully saturated rings. The van der Waals surface area contributed by atoms with E-state index in [9.17, 15) is 18.4 Å². The van der Waals surface area contributed by atoms with E-state index in [0.29, 0.717) is 24.2 Å². The minimum absolute atomic E-state index is 0.0131. The summed E-state index contributed by atoms with van der Waals surface area (Å²) < 4.78 is 36.7. The SMILES string of the molecule is COc1ccc(-c2ccc(C(C)=O)cc2)cc1CN(C(=O)c1sc2c(F)ccc(F)c2c1Cl)[C@H]1CC[C@H](N(C)Cl)CC1. The summed E-state index contributed by atoms with van der Waals surface area (Å²) in [5.74, 6) is -1.10. The summed E-state index contributed by atoms with van der Waals surface area (Å²) in [6.07, 6.45) is 2.98. The predicted octanol–water partition coefficient (Wildman–Crippen LogP) is 8.75. The van der Waals surface area contributed by atoms with Crippen LogP contribution in [0.2, 0.25) is 5.02 Å². The smallest absolute Gasteiger partial charge is 0.266 e. The van der Waals surface area contributed by atoms with E-state index < -0.39 is 11.6 Å². The van der Waals surface area contributed by atoms with Crippen LogP contribution < -0.4 is 4.74 Å². The number of carbonyl (C=O) groups is 2. The van der Waals surface area contributed by atoms with Crippen LogP contribution in [0.5, 0.6) is 5.75 Å². The summed E-state index contributed by atoms with van der Waals surface area (Å²) in [5, 5.41) is -0.159. The third-order valence-corrected chi connectivity index (χ3v) is 9.95. The van der Waals surface area contributed by atoms with Crippen molar-refractivity contribution in [3.63, 3.8) is 0 Å². The van der Waals surface area contributed by atoms with E-state index in [1.807, 2.05) is 37.4 Å². The zero-order valence-corrected chi connectivity index (χ0v) is 25.8. The van der Waals surface area contributed by atoms with Gasteiger partial charge in [-0.1, -0.05) is 41.9 Å². The maximum Gasteiger partial charge on any atom is 0.266 e. The van der Waals surface area contributed by atoms with E-state index in [-0.39, 0.29) is 50.3 Å². The highest BCUT2D eigenvalue weighted by atomic mass is 35.5. The van der Waals surface area contributed by atoms with Crippen LogP contribution in [0.25, 0.3) is 21.2 Å². The normalized spacial score (nSPS) is 17.0. The average Bonchev–Trinajstić information content (AvgIpc) is 3.35. The molecule has 0 unspecified atom stereocenters. The summed E-state index contributed by atoms with van der Waals surface area (Å²) in [7, 11) is 3.40. The van der Waals surface area contributed by atoms with Crippen LogP contribution in [0.4, 0.5) is 8.78 Å². The number of nitrogens with zero attached hydrogens (tertiary/aromatic N) is 2. The third-order valence-electron chi connectivity index (χ3n) is 7.99. The highest BCUT2D eigenvalue weighted by Gasteiger charge is 2.34. The van der Waals surface area contributed by atoms with Gasteiger partial charge in [-0.15, -0.1) is 11.3 Å². The Morgan fingerprint density at radius 3 is 2.17 bits per heavy atom. The summed E-state index contributed by atoms with van der Waals surface area (Å²) in [6, 6.07) is 15.2. The quantitative estimate of drug-likeness (QED) is 0.144. The molecule has 5 nitrogen and oxygen atoms in total. The summed E-state index contributed by atoms with van der Waals surface area (Å²) >= 11 is 13.7. The molecule has 1 amide bonds. The van der Waals surface area contributed by atoms with Gasteiger partial charge in [0.15, 0.2) is 5.78 Å². The average molecular weight is 632 g/mol. The van der Waals surface area contributed by atoms with Gasteiger partial charge in [0.05, 0.1) is 22.2 Å². The first kappa shape index (κ1) is 30.4. The van der Waals surface area contributed by atoms with Gasteiger partial charge in [-0.3, -0.25) is 9.59 Å². The predicted molar refractivity (Wildman–Crippen MR) is 165 cm³/mol. The second-order valence-corrected chi connectivity index (χ2v) is 12.5. The summed E-state index contributed by atoms with van der Waals surface area (Å²) in [5.41, 5.74) is 3.19. The molecule has 0 radical (unpaired) electrons. The molecule has 5 rings (SSSR count). The Morgan fingerprint density at radius 2 is 1.57 bits per heavy atom. The van der Waals surface area contributed by atoms with Gasteiger partial charge < -0.3 is 9.64 Å². The fourth-order valence-corrected chi connectivity index (χ4v) is 7.32. The zero-order valence-electron chi connectivity index (χ0n) is 23.4. The highest BCUT2D eigenvalue weighted by Crippen LogP contribution is 2.41. The van der Waals surface area contributed by atoms with Crippen molar-refractivity contribution < 1.29 is 23.1 Å². The van der Waals surface area contributed by atoms with Gasteiger partial charge in [0.25, 0.3) is 5.91 Å². The van der Waals surface area contributed by atoms with Gasteiger partial charge in [0.2, 0.25) is 0 Å². The Balaban J connectivity index is 1.54. The van der Waals surface area contributed by atoms with Crippen LogP contribution >= 0.6 is 34.7 Å². The Kier molecular flexibility index (Phi) is 9.18. The Labute approximate surface area is 257 Å². The van der Waals surface area contributed by atoms with Crippen LogP contribution in [0.1, 0.15) is 58.2 Å². The number of hydrogen-bond donors (Lipinski definition) is 0. The van der Waals surface area contributed by atoms with Crippen LogP contribution in [-0.2, 0) is 6.54 Å². The van der Waals surface area contributed by atoms with Crippen molar-refractivity contribution in [3.8, 4) is 16.9 Å². The number of carbonyl (C=O) groups excluding carboxylic acids is 2. The lowest BCUT2D eigenvalue weighted by Gasteiger charge is -2.38. The molecule has 1 heterocycles. The monoisotopic (exact) mass is 630 g/mol. The molecule has 10 heteroatoms. The van der Waals surface area contributed by atoms with Gasteiger partial charge in [-0.2, -0.15) is 0 Å². The molecule has 0 bridgehead atoms. The molecule has 0 saturated heterocycles. The van der Waals surface area contributed by atoms with E-state index in [1.54, 1.807) is 28.6 Å². The minimum atomic E-state index is -0.672. The molecule has 220 valence electrons. The third kappa shape index (κ3) is 6.04. The molecule has 1 aliphatic carbocycles. The van der Waals surface area contributed by atoms with Crippen molar-refractivity contribution in [3.05, 3.63) is 87.3 Å². The first-order valence-corrected chi connectivity index (χ1v) is 15.2. The molecular weight excluding hydrogens is 601 g/mol. The van der Waals surface area contributed by atoms with E-state index >= 15 is 0 Å². The van der Waals surface area contributed by atoms with Crippen LogP contribution in [0.3, 0.4) is 0 Å². The van der Waals surface area contributed by atoms with E-state index in [2.05, 4.69) is 0 Å². The molecule has 1 aromatic heterocycles. The number of rotatable bonds is 8. The second-order valence-electron chi connectivity index (χ2n) is 10.6. The number of benzene rings is 3. The topological polar surface area (TPSA) is 49.9 Å². The van der Waals surface area contributed by atoms with Crippen molar-refractivity contribution in [2.75, 3.05) is 14.2 Å². The lowest BCUT2D eigenvalue weighted by Crippen LogP contribution is -2.44. The first-order valence-electron chi connectivity index (χ1n) is 13.6. The van der Waals surface area contributed by atoms with Crippen molar-refractivity contribution in [1.82, 2.24) is 9.32 Å². The van der Waals surface area contributed by atoms with Gasteiger partial charge in [-0.05, 0) is 79.8 Å². The fraction of sp³-hybridized carbons (Fsp3) is 0.312. The number of amides is 1. The fourth-order valence-electron chi connectivity index (χ4n) is 5.62. The zero-order chi connectivity index (χ0) is 30.1. The molecule has 0 spiro atoms. The Bertz CT molecular complexity index is 1630. The maximum atomic E-state index is 14.7. The molecule has 42 heavy (non-hydrogen) atoms. The van der Waals surface area contributed by atoms with Crippen molar-refractivity contribution in [2.45, 2.75) is 51.2 Å². The van der Waals surface area contributed by atoms with Gasteiger partial charge >= 0.3 is 0 Å². The van der Waals surface area contributed by atoms with E-state index in [0.717, 1.165) is 53.0 Å². The molecule has 1 aliphatic rings. The highest BCUT2D eigenvalue weighted by molar-refractivity contribution is 7.21. The maximum absolute atomic E-state index is 14.7. The standard InChI is InChI=1S/C32H30Cl2F2N2O3S/c1-18(39)19-4-6-20(7-5-19)21-8-15-27(41-3)22(16-21)17-38(24-11-9-23(10-12-24)37(2)34)32(40)31-29(33)28-25(35)13-14-26(36)30(28)42-31/h4-8,13-16,23-24H,9-12,17H2,1-3H3/t23-,24-. The van der Waals surface area contributed by atoms with Crippen molar-refractivity contribution in [1.29, 1.82) is 0 Å². The minimum Gasteiger partial charge on any atom is -0.496 e. The Morgan fingerprint density at radius 1 is 0.952 bits per heavy atom. The number of Topliss-reactive ketones (excluding diaryl/α,β-unsaturated/α-hetero) is 1. The van der Waals surface area contributed by atoms with Gasteiger partial charge in [-0.25, -0.2) is 13.2 Å². The number of ketones is 1. The number of thiophene rings is 1. The van der Waals surface area contributed by atoms with E-state index in [1.165, 1.54) is 6.92 Å². The van der Waals surface area contributed by atoms with E-state index in [4.69, 9.17) is 28.1 Å². The van der Waals surface area contributed by atoms with Crippen LogP contribution in [0.15, 0.2) is 54.6 Å². The number of ether oxygens (including phenoxy) is 1. The second kappa shape index (κ2) is 12.7. The summed E-state index contributed by atoms with van der Waals surface area (Å²) in [6.45, 7) is 1.72. The largest absolute Gasteiger partial charge is 0.496 e. The lowest BCUT2D eigenvalue weighted by atomic mass is 9.89. The number of hydrogen-bond acceptors (Lipinski definition) is 5. The number of methoxy groups -OCH3 is 1. The van der Waals surface area contributed by atoms with Crippen molar-refractivity contribution >= 4 is 56.5 Å². The van der Waals surface area contributed by atoms with Gasteiger partial charge in [0, 0.05) is 36.8 Å². The molecule has 3 aromatic carbocycles. The van der Waals surface area contributed by atoms with Crippen LogP contribution in [-0.4, -0.2) is 47.3 Å². The molecule has 1 saturated carbocycles. The number of fused-ring (bicyclic) bond motifs is 1. The van der Waals surface area contributed by atoms with Crippen molar-refractivity contribution in [2.24, 2.45) is 0 Å². The van der Waals surface area contributed by atoms with Crippen LogP contribution in [0, 0.1) is 11.6 Å². The number of halogens is 4. The lowest BCUT2D eigenvalue weighted by molar-refractivity contribution is 0.0589. The first-order chi connectivity index (χ1) is 20.1. The van der Waals surface area contributed by atoms with Gasteiger partial charge in [0.1, 0.15) is 22.3 Å². The molecule has 4 aromatic rings. The summed E-state index contributed by atoms with van der Waals surface area (Å²) in [4.78, 5) is 27.8. The molecule has 0 aliphatic heterocycles. The Hall–Kier alpha value is -3.04. The molecule has 0 atom stereocenters. The molecular formula is C32H30Cl2F2N2O3S. The molecule has 0 N–H and O–H groups in total.